The zero-order chi connectivity index (χ0) is 15.3. The monoisotopic (exact) mass is 278 g/mol. The number of nitrogens with one attached hydrogen (secondary N) is 1. The molecule has 0 fully saturated rings. The van der Waals surface area contributed by atoms with Gasteiger partial charge in [0.2, 0.25) is 0 Å². The maximum absolute atomic E-state index is 11.5. The maximum atomic E-state index is 11.5. The molecule has 5 heteroatoms. The highest BCUT2D eigenvalue weighted by Gasteiger charge is 2.15. The number of Topliss-reactive ketones (excluding diaryl/α,β-unsaturated/α-hetero) is 1. The summed E-state index contributed by atoms with van der Waals surface area (Å²) in [4.78, 5) is 27.2. The Morgan fingerprint density at radius 2 is 1.95 bits per heavy atom. The largest absolute Gasteiger partial charge is 0.444 e. The molecule has 0 atom stereocenters. The van der Waals surface area contributed by atoms with Gasteiger partial charge in [0, 0.05) is 29.9 Å². The summed E-state index contributed by atoms with van der Waals surface area (Å²) in [5, 5.41) is 2.67. The van der Waals surface area contributed by atoms with Crippen LogP contribution in [0.5, 0.6) is 0 Å². The fourth-order valence-electron chi connectivity index (χ4n) is 1.68. The van der Waals surface area contributed by atoms with E-state index in [2.05, 4.69) is 10.3 Å². The molecule has 0 radical (unpaired) electrons. The standard InChI is InChI=1S/C15H22N2O3/c1-10-8-12(11(2)18)9-13(17-10)6-7-16-14(19)20-15(3,4)5/h8-9H,6-7H2,1-5H3,(H,16,19). The van der Waals surface area contributed by atoms with Crippen molar-refractivity contribution < 1.29 is 14.3 Å². The van der Waals surface area contributed by atoms with E-state index in [4.69, 9.17) is 4.74 Å². The van der Waals surface area contributed by atoms with Gasteiger partial charge in [0.15, 0.2) is 5.78 Å². The molecule has 1 heterocycles. The number of amides is 1. The summed E-state index contributed by atoms with van der Waals surface area (Å²) in [5.41, 5.74) is 1.72. The van der Waals surface area contributed by atoms with Gasteiger partial charge in [-0.25, -0.2) is 4.79 Å². The van der Waals surface area contributed by atoms with Crippen molar-refractivity contribution in [2.75, 3.05) is 6.54 Å². The van der Waals surface area contributed by atoms with Crippen molar-refractivity contribution in [3.8, 4) is 0 Å². The summed E-state index contributed by atoms with van der Waals surface area (Å²) in [6.45, 7) is 9.23. The lowest BCUT2D eigenvalue weighted by molar-refractivity contribution is 0.0528. The normalized spacial score (nSPS) is 11.1. The molecule has 110 valence electrons. The molecular formula is C15H22N2O3. The van der Waals surface area contributed by atoms with Gasteiger partial charge >= 0.3 is 6.09 Å². The van der Waals surface area contributed by atoms with Gasteiger partial charge < -0.3 is 10.1 Å². The molecule has 1 aromatic heterocycles. The second kappa shape index (κ2) is 6.50. The first-order valence-electron chi connectivity index (χ1n) is 6.63. The zero-order valence-corrected chi connectivity index (χ0v) is 12.7. The van der Waals surface area contributed by atoms with E-state index in [1.807, 2.05) is 27.7 Å². The lowest BCUT2D eigenvalue weighted by atomic mass is 10.1. The third-order valence-electron chi connectivity index (χ3n) is 2.46. The molecular weight excluding hydrogens is 256 g/mol. The number of aryl methyl sites for hydroxylation is 1. The summed E-state index contributed by atoms with van der Waals surface area (Å²) in [6.07, 6.45) is 0.109. The molecule has 0 saturated carbocycles. The van der Waals surface area contributed by atoms with Gasteiger partial charge in [0.25, 0.3) is 0 Å². The van der Waals surface area contributed by atoms with Gasteiger partial charge in [0.05, 0.1) is 0 Å². The second-order valence-corrected chi connectivity index (χ2v) is 5.72. The molecule has 1 N–H and O–H groups in total. The zero-order valence-electron chi connectivity index (χ0n) is 12.7. The van der Waals surface area contributed by atoms with Crippen LogP contribution in [0, 0.1) is 6.92 Å². The summed E-state index contributed by atoms with van der Waals surface area (Å²) in [5.74, 6) is 0.0110. The van der Waals surface area contributed by atoms with Crippen LogP contribution >= 0.6 is 0 Å². The van der Waals surface area contributed by atoms with Crippen molar-refractivity contribution in [2.24, 2.45) is 0 Å². The lowest BCUT2D eigenvalue weighted by Crippen LogP contribution is -2.33. The van der Waals surface area contributed by atoms with Crippen LogP contribution in [-0.4, -0.2) is 29.0 Å². The second-order valence-electron chi connectivity index (χ2n) is 5.72. The summed E-state index contributed by atoms with van der Waals surface area (Å²) >= 11 is 0. The topological polar surface area (TPSA) is 68.3 Å². The smallest absolute Gasteiger partial charge is 0.407 e. The molecule has 0 bridgehead atoms. The molecule has 1 rings (SSSR count). The predicted octanol–water partition coefficient (Wildman–Crippen LogP) is 2.66. The Bertz CT molecular complexity index is 504. The number of ketones is 1. The first kappa shape index (κ1) is 16.1. The van der Waals surface area contributed by atoms with E-state index < -0.39 is 11.7 Å². The summed E-state index contributed by atoms with van der Waals surface area (Å²) in [7, 11) is 0. The average Bonchev–Trinajstić information content (AvgIpc) is 2.25. The number of aromatic nitrogens is 1. The molecule has 1 aromatic rings. The molecule has 0 aliphatic rings. The van der Waals surface area contributed by atoms with Gasteiger partial charge in [-0.05, 0) is 46.8 Å². The number of hydrogen-bond acceptors (Lipinski definition) is 4. The van der Waals surface area contributed by atoms with Gasteiger partial charge in [-0.2, -0.15) is 0 Å². The molecule has 5 nitrogen and oxygen atoms in total. The SMILES string of the molecule is CC(=O)c1cc(C)nc(CCNC(=O)OC(C)(C)C)c1. The molecule has 0 saturated heterocycles. The Morgan fingerprint density at radius 1 is 1.30 bits per heavy atom. The number of carbonyl (C=O) groups is 2. The Morgan fingerprint density at radius 3 is 2.50 bits per heavy atom. The Kier molecular flexibility index (Phi) is 5.25. The molecule has 0 aromatic carbocycles. The van der Waals surface area contributed by atoms with E-state index in [0.29, 0.717) is 18.5 Å². The number of alkyl carbamates (subject to hydrolysis) is 1. The minimum atomic E-state index is -0.506. The highest BCUT2D eigenvalue weighted by Crippen LogP contribution is 2.08. The predicted molar refractivity (Wildman–Crippen MR) is 76.9 cm³/mol. The number of ether oxygens (including phenoxy) is 1. The van der Waals surface area contributed by atoms with E-state index in [0.717, 1.165) is 11.4 Å². The van der Waals surface area contributed by atoms with Crippen LogP contribution in [0.25, 0.3) is 0 Å². The maximum Gasteiger partial charge on any atom is 0.407 e. The van der Waals surface area contributed by atoms with Crippen molar-refractivity contribution in [3.63, 3.8) is 0 Å². The highest BCUT2D eigenvalue weighted by atomic mass is 16.6. The minimum Gasteiger partial charge on any atom is -0.444 e. The van der Waals surface area contributed by atoms with Crippen LogP contribution in [-0.2, 0) is 11.2 Å². The number of nitrogens with zero attached hydrogens (tertiary/aromatic N) is 1. The fraction of sp³-hybridized carbons (Fsp3) is 0.533. The third-order valence-corrected chi connectivity index (χ3v) is 2.46. The molecule has 1 amide bonds. The number of rotatable bonds is 4. The number of carbonyl (C=O) groups excluding carboxylic acids is 2. The Balaban J connectivity index is 2.54. The van der Waals surface area contributed by atoms with E-state index >= 15 is 0 Å². The minimum absolute atomic E-state index is 0.0110. The molecule has 20 heavy (non-hydrogen) atoms. The Hall–Kier alpha value is -1.91. The summed E-state index contributed by atoms with van der Waals surface area (Å²) < 4.78 is 5.14. The van der Waals surface area contributed by atoms with Crippen LogP contribution in [0.15, 0.2) is 12.1 Å². The van der Waals surface area contributed by atoms with Crippen molar-refractivity contribution in [3.05, 3.63) is 29.1 Å². The average molecular weight is 278 g/mol. The quantitative estimate of drug-likeness (QED) is 0.860. The molecule has 0 spiro atoms. The van der Waals surface area contributed by atoms with Gasteiger partial charge in [-0.3, -0.25) is 9.78 Å². The van der Waals surface area contributed by atoms with Crippen molar-refractivity contribution in [1.29, 1.82) is 0 Å². The first-order chi connectivity index (χ1) is 9.17. The van der Waals surface area contributed by atoms with Crippen molar-refractivity contribution in [1.82, 2.24) is 10.3 Å². The van der Waals surface area contributed by atoms with Crippen LogP contribution in [0.3, 0.4) is 0 Å². The van der Waals surface area contributed by atoms with Crippen molar-refractivity contribution >= 4 is 11.9 Å². The van der Waals surface area contributed by atoms with Crippen LogP contribution < -0.4 is 5.32 Å². The van der Waals surface area contributed by atoms with Gasteiger partial charge in [0.1, 0.15) is 5.60 Å². The first-order valence-corrected chi connectivity index (χ1v) is 6.63. The molecule has 0 aliphatic carbocycles. The summed E-state index contributed by atoms with van der Waals surface area (Å²) in [6, 6.07) is 3.51. The van der Waals surface area contributed by atoms with E-state index in [9.17, 15) is 9.59 Å². The van der Waals surface area contributed by atoms with Crippen LogP contribution in [0.2, 0.25) is 0 Å². The van der Waals surface area contributed by atoms with E-state index in [-0.39, 0.29) is 5.78 Å². The van der Waals surface area contributed by atoms with Crippen LogP contribution in [0.4, 0.5) is 4.79 Å². The van der Waals surface area contributed by atoms with Gasteiger partial charge in [-0.15, -0.1) is 0 Å². The lowest BCUT2D eigenvalue weighted by Gasteiger charge is -2.19. The molecule has 0 aliphatic heterocycles. The third kappa shape index (κ3) is 5.82. The highest BCUT2D eigenvalue weighted by molar-refractivity contribution is 5.94. The van der Waals surface area contributed by atoms with Gasteiger partial charge in [-0.1, -0.05) is 0 Å². The number of pyridine rings is 1. The van der Waals surface area contributed by atoms with E-state index in [1.54, 1.807) is 12.1 Å². The van der Waals surface area contributed by atoms with E-state index in [1.165, 1.54) is 6.92 Å². The Labute approximate surface area is 119 Å². The number of hydrogen-bond donors (Lipinski definition) is 1. The fourth-order valence-corrected chi connectivity index (χ4v) is 1.68. The van der Waals surface area contributed by atoms with Crippen molar-refractivity contribution in [2.45, 2.75) is 46.6 Å². The molecule has 0 unspecified atom stereocenters. The van der Waals surface area contributed by atoms with Crippen LogP contribution in [0.1, 0.15) is 49.4 Å².